The van der Waals surface area contributed by atoms with Gasteiger partial charge in [-0.1, -0.05) is 23.7 Å². The average molecular weight is 237 g/mol. The lowest BCUT2D eigenvalue weighted by Gasteiger charge is -2.19. The highest BCUT2D eigenvalue weighted by Gasteiger charge is 2.24. The Morgan fingerprint density at radius 3 is 2.81 bits per heavy atom. The molecule has 0 atom stereocenters. The highest BCUT2D eigenvalue weighted by molar-refractivity contribution is 6.33. The van der Waals surface area contributed by atoms with Crippen molar-refractivity contribution in [2.45, 2.75) is 0 Å². The maximum atomic E-state index is 6.07. The van der Waals surface area contributed by atoms with Crippen LogP contribution in [0.2, 0.25) is 5.02 Å². The van der Waals surface area contributed by atoms with Crippen LogP contribution in [0.15, 0.2) is 24.3 Å². The molecule has 0 radical (unpaired) electrons. The summed E-state index contributed by atoms with van der Waals surface area (Å²) in [4.78, 5) is 0. The Labute approximate surface area is 96.3 Å². The van der Waals surface area contributed by atoms with Crippen LogP contribution in [0.4, 0.5) is 23.0 Å². The zero-order valence-electron chi connectivity index (χ0n) is 8.16. The summed E-state index contributed by atoms with van der Waals surface area (Å²) in [6, 6.07) is 7.46. The summed E-state index contributed by atoms with van der Waals surface area (Å²) >= 11 is 6.07. The predicted octanol–water partition coefficient (Wildman–Crippen LogP) is 1.82. The second-order valence-electron chi connectivity index (χ2n) is 3.37. The molecule has 1 aliphatic rings. The minimum absolute atomic E-state index is 0.483. The van der Waals surface area contributed by atoms with Gasteiger partial charge < -0.3 is 5.73 Å². The number of hydrazine groups is 2. The molecule has 0 spiro atoms. The molecule has 1 aliphatic heterocycles. The summed E-state index contributed by atoms with van der Waals surface area (Å²) in [7, 11) is 0. The molecule has 1 aromatic carbocycles. The number of para-hydroxylation sites is 1. The number of hydrogen-bond donors (Lipinski definition) is 4. The molecule has 3 rings (SSSR count). The number of nitrogens with two attached hydrogens (primary N) is 1. The van der Waals surface area contributed by atoms with Gasteiger partial charge in [-0.3, -0.25) is 16.0 Å². The monoisotopic (exact) mass is 236 g/mol. The van der Waals surface area contributed by atoms with Crippen LogP contribution in [0.3, 0.4) is 0 Å². The number of nitrogens with one attached hydrogen (secondary N) is 3. The highest BCUT2D eigenvalue weighted by Crippen LogP contribution is 2.35. The summed E-state index contributed by atoms with van der Waals surface area (Å²) < 4.78 is 0. The lowest BCUT2D eigenvalue weighted by molar-refractivity contribution is 1.04. The van der Waals surface area contributed by atoms with Crippen LogP contribution in [-0.2, 0) is 0 Å². The molecule has 0 saturated heterocycles. The van der Waals surface area contributed by atoms with E-state index in [0.29, 0.717) is 16.7 Å². The van der Waals surface area contributed by atoms with Gasteiger partial charge in [0.2, 0.25) is 0 Å². The Kier molecular flexibility index (Phi) is 1.84. The maximum absolute atomic E-state index is 6.07. The molecule has 7 heteroatoms. The molecule has 6 nitrogen and oxygen atoms in total. The number of halogens is 1. The quantitative estimate of drug-likeness (QED) is 0.607. The van der Waals surface area contributed by atoms with Gasteiger partial charge in [0.15, 0.2) is 5.82 Å². The molecule has 0 bridgehead atoms. The number of anilines is 4. The number of nitrogens with zero attached hydrogens (tertiary/aromatic N) is 2. The number of benzene rings is 1. The van der Waals surface area contributed by atoms with Crippen LogP contribution >= 0.6 is 11.6 Å². The second kappa shape index (κ2) is 3.21. The van der Waals surface area contributed by atoms with Gasteiger partial charge in [-0.05, 0) is 12.1 Å². The van der Waals surface area contributed by atoms with Gasteiger partial charge in [-0.25, -0.2) is 0 Å². The van der Waals surface area contributed by atoms with E-state index in [4.69, 9.17) is 17.3 Å². The lowest BCUT2D eigenvalue weighted by atomic mass is 10.3. The molecule has 0 aliphatic carbocycles. The summed E-state index contributed by atoms with van der Waals surface area (Å²) in [5, 5.41) is 8.97. The molecule has 2 aromatic rings. The Bertz CT molecular complexity index is 537. The molecule has 82 valence electrons. The first-order chi connectivity index (χ1) is 7.75. The van der Waals surface area contributed by atoms with Gasteiger partial charge in [-0.2, -0.15) is 10.2 Å². The van der Waals surface area contributed by atoms with Crippen molar-refractivity contribution in [1.29, 1.82) is 0 Å². The first-order valence-corrected chi connectivity index (χ1v) is 5.05. The average Bonchev–Trinajstić information content (AvgIpc) is 2.82. The Morgan fingerprint density at radius 2 is 2.06 bits per heavy atom. The zero-order chi connectivity index (χ0) is 11.1. The Morgan fingerprint density at radius 1 is 1.25 bits per heavy atom. The largest absolute Gasteiger partial charge is 0.382 e. The number of H-pyrrole nitrogens is 1. The van der Waals surface area contributed by atoms with Gasteiger partial charge in [0.05, 0.1) is 10.7 Å². The Balaban J connectivity index is 1.94. The minimum atomic E-state index is 0.483. The van der Waals surface area contributed by atoms with Gasteiger partial charge in [0.1, 0.15) is 11.5 Å². The van der Waals surface area contributed by atoms with E-state index in [1.807, 2.05) is 24.3 Å². The van der Waals surface area contributed by atoms with Gasteiger partial charge in [-0.15, -0.1) is 0 Å². The van der Waals surface area contributed by atoms with Gasteiger partial charge in [0, 0.05) is 0 Å². The number of rotatable bonds is 1. The van der Waals surface area contributed by atoms with E-state index in [9.17, 15) is 0 Å². The van der Waals surface area contributed by atoms with Crippen molar-refractivity contribution in [2.24, 2.45) is 0 Å². The lowest BCUT2D eigenvalue weighted by Crippen LogP contribution is -2.30. The van der Waals surface area contributed by atoms with Crippen molar-refractivity contribution in [3.05, 3.63) is 29.3 Å². The van der Waals surface area contributed by atoms with E-state index < -0.39 is 0 Å². The molecule has 2 heterocycles. The molecule has 0 saturated carbocycles. The number of nitrogen functional groups attached to an aromatic ring is 1. The van der Waals surface area contributed by atoms with Crippen LogP contribution in [0.5, 0.6) is 0 Å². The first kappa shape index (κ1) is 9.17. The summed E-state index contributed by atoms with van der Waals surface area (Å²) in [5.41, 5.74) is 13.3. The fourth-order valence-corrected chi connectivity index (χ4v) is 1.77. The molecule has 0 fully saturated rings. The van der Waals surface area contributed by atoms with Crippen LogP contribution in [-0.4, -0.2) is 10.2 Å². The smallest absolute Gasteiger partial charge is 0.195 e. The molecule has 1 aromatic heterocycles. The van der Waals surface area contributed by atoms with Gasteiger partial charge >= 0.3 is 0 Å². The zero-order valence-corrected chi connectivity index (χ0v) is 8.92. The fraction of sp³-hybridized carbons (Fsp3) is 0. The third-order valence-electron chi connectivity index (χ3n) is 2.33. The number of aromatic nitrogens is 2. The summed E-state index contributed by atoms with van der Waals surface area (Å²) in [5.74, 6) is 1.13. The number of hydrogen-bond acceptors (Lipinski definition) is 5. The van der Waals surface area contributed by atoms with Crippen LogP contribution < -0.4 is 21.7 Å². The molecule has 5 N–H and O–H groups in total. The van der Waals surface area contributed by atoms with Crippen molar-refractivity contribution < 1.29 is 0 Å². The topological polar surface area (TPSA) is 82.0 Å². The van der Waals surface area contributed by atoms with Crippen molar-refractivity contribution >= 4 is 34.6 Å². The number of aromatic amines is 1. The number of fused-ring (bicyclic) bond motifs is 1. The normalized spacial score (nSPS) is 13.2. The fourth-order valence-electron chi connectivity index (χ4n) is 1.55. The summed E-state index contributed by atoms with van der Waals surface area (Å²) in [6.45, 7) is 0. The van der Waals surface area contributed by atoms with E-state index in [-0.39, 0.29) is 0 Å². The van der Waals surface area contributed by atoms with Crippen molar-refractivity contribution in [3.8, 4) is 0 Å². The van der Waals surface area contributed by atoms with Crippen molar-refractivity contribution in [2.75, 3.05) is 21.7 Å². The van der Waals surface area contributed by atoms with Crippen LogP contribution in [0.1, 0.15) is 0 Å². The first-order valence-electron chi connectivity index (χ1n) is 4.67. The van der Waals surface area contributed by atoms with E-state index in [2.05, 4.69) is 21.0 Å². The predicted molar refractivity (Wildman–Crippen MR) is 64.2 cm³/mol. The highest BCUT2D eigenvalue weighted by atomic mass is 35.5. The van der Waals surface area contributed by atoms with Gasteiger partial charge in [0.25, 0.3) is 0 Å². The molecule has 0 amide bonds. The van der Waals surface area contributed by atoms with Crippen molar-refractivity contribution in [3.63, 3.8) is 0 Å². The second-order valence-corrected chi connectivity index (χ2v) is 3.78. The maximum Gasteiger partial charge on any atom is 0.195 e. The van der Waals surface area contributed by atoms with E-state index in [0.717, 1.165) is 11.4 Å². The standard InChI is InChI=1S/C9H9ClN6/c10-5-3-1-2-4-6(5)16-14-7-8(11)12-13-9(7)15-16/h1-4,14H,(H4,11,12,13,15). The third-order valence-corrected chi connectivity index (χ3v) is 2.65. The molecular formula is C9H9ClN6. The Hall–Kier alpha value is -2.08. The molecular weight excluding hydrogens is 228 g/mol. The van der Waals surface area contributed by atoms with Crippen LogP contribution in [0, 0.1) is 0 Å². The van der Waals surface area contributed by atoms with E-state index >= 15 is 0 Å². The minimum Gasteiger partial charge on any atom is -0.382 e. The van der Waals surface area contributed by atoms with Crippen molar-refractivity contribution in [1.82, 2.24) is 10.2 Å². The van der Waals surface area contributed by atoms with Crippen LogP contribution in [0.25, 0.3) is 0 Å². The summed E-state index contributed by atoms with van der Waals surface area (Å²) in [6.07, 6.45) is 0. The molecule has 0 unspecified atom stereocenters. The van der Waals surface area contributed by atoms with E-state index in [1.165, 1.54) is 0 Å². The third kappa shape index (κ3) is 1.24. The SMILES string of the molecule is Nc1[nH]nc2c1NN(c1ccccc1Cl)N2. The molecule has 16 heavy (non-hydrogen) atoms. The van der Waals surface area contributed by atoms with E-state index in [1.54, 1.807) is 5.12 Å².